The van der Waals surface area contributed by atoms with Crippen molar-refractivity contribution in [3.63, 3.8) is 0 Å². The van der Waals surface area contributed by atoms with Crippen molar-refractivity contribution in [3.05, 3.63) is 43.3 Å². The molecule has 0 unspecified atom stereocenters. The van der Waals surface area contributed by atoms with Gasteiger partial charge in [0.1, 0.15) is 0 Å². The van der Waals surface area contributed by atoms with Crippen LogP contribution in [0.2, 0.25) is 0 Å². The van der Waals surface area contributed by atoms with E-state index in [-0.39, 0.29) is 48.7 Å². The van der Waals surface area contributed by atoms with Crippen LogP contribution in [0.5, 0.6) is 0 Å². The van der Waals surface area contributed by atoms with Gasteiger partial charge in [0.25, 0.3) is 0 Å². The second-order valence-corrected chi connectivity index (χ2v) is 5.78. The Balaban J connectivity index is 0. The quantitative estimate of drug-likeness (QED) is 0.440. The zero-order valence-corrected chi connectivity index (χ0v) is 16.1. The van der Waals surface area contributed by atoms with Gasteiger partial charge < -0.3 is 24.8 Å². The van der Waals surface area contributed by atoms with Crippen LogP contribution in [0.15, 0.2) is 30.3 Å². The molecular formula is C16H22Cl2Sn. The van der Waals surface area contributed by atoms with Crippen LogP contribution in [-0.2, 0) is 0 Å². The minimum Gasteiger partial charge on any atom is -1.00 e. The Morgan fingerprint density at radius 3 is 1.84 bits per heavy atom. The van der Waals surface area contributed by atoms with Crippen molar-refractivity contribution < 1.29 is 24.8 Å². The number of rotatable bonds is 0. The molecule has 0 N–H and O–H groups in total. The van der Waals surface area contributed by atoms with E-state index in [0.717, 1.165) is 17.8 Å². The van der Waals surface area contributed by atoms with Crippen molar-refractivity contribution in [2.24, 2.45) is 23.2 Å². The minimum atomic E-state index is 0. The summed E-state index contributed by atoms with van der Waals surface area (Å²) in [6.45, 7) is 9.05. The third-order valence-electron chi connectivity index (χ3n) is 4.61. The summed E-state index contributed by atoms with van der Waals surface area (Å²) < 4.78 is 0. The smallest absolute Gasteiger partial charge is 1.00 e. The molecule has 0 aromatic heterocycles. The van der Waals surface area contributed by atoms with Crippen LogP contribution in [0, 0.1) is 36.2 Å². The van der Waals surface area contributed by atoms with Crippen LogP contribution in [0.4, 0.5) is 0 Å². The largest absolute Gasteiger partial charge is 2.00 e. The first-order valence-corrected chi connectivity index (χ1v) is 6.36. The third-order valence-corrected chi connectivity index (χ3v) is 4.61. The molecule has 1 aromatic carbocycles. The van der Waals surface area contributed by atoms with Crippen LogP contribution >= 0.6 is 0 Å². The molecule has 0 amide bonds. The third kappa shape index (κ3) is 5.13. The molecule has 3 aliphatic carbocycles. The van der Waals surface area contributed by atoms with E-state index in [1.807, 2.05) is 30.3 Å². The molecule has 3 aliphatic rings. The van der Waals surface area contributed by atoms with Crippen LogP contribution in [0.25, 0.3) is 0 Å². The van der Waals surface area contributed by atoms with Crippen LogP contribution in [0.1, 0.15) is 33.1 Å². The molecule has 1 aromatic rings. The average molecular weight is 404 g/mol. The first-order valence-electron chi connectivity index (χ1n) is 6.36. The fourth-order valence-corrected chi connectivity index (χ4v) is 3.30. The zero-order valence-electron chi connectivity index (χ0n) is 11.7. The summed E-state index contributed by atoms with van der Waals surface area (Å²) in [6, 6.07) is 12.5. The van der Waals surface area contributed by atoms with E-state index >= 15 is 0 Å². The fraction of sp³-hybridized carbons (Fsp3) is 0.562. The van der Waals surface area contributed by atoms with E-state index in [4.69, 9.17) is 0 Å². The number of benzene rings is 1. The Morgan fingerprint density at radius 1 is 1.05 bits per heavy atom. The van der Waals surface area contributed by atoms with Gasteiger partial charge in [-0.05, 0) is 55.4 Å². The number of fused-ring (bicyclic) bond motifs is 2. The molecule has 0 nitrogen and oxygen atoms in total. The van der Waals surface area contributed by atoms with Crippen LogP contribution in [-0.4, -0.2) is 23.9 Å². The molecule has 3 atom stereocenters. The second kappa shape index (κ2) is 9.52. The molecule has 0 heterocycles. The molecule has 0 saturated heterocycles. The second-order valence-electron chi connectivity index (χ2n) is 5.78. The Bertz CT molecular complexity index is 298. The molecule has 2 bridgehead atoms. The van der Waals surface area contributed by atoms with Crippen molar-refractivity contribution in [1.82, 2.24) is 0 Å². The zero-order chi connectivity index (χ0) is 11.6. The maximum absolute atomic E-state index is 4.21. The molecular weight excluding hydrogens is 382 g/mol. The van der Waals surface area contributed by atoms with Crippen LogP contribution in [0.3, 0.4) is 0 Å². The van der Waals surface area contributed by atoms with Gasteiger partial charge in [-0.1, -0.05) is 44.2 Å². The molecule has 104 valence electrons. The monoisotopic (exact) mass is 404 g/mol. The molecule has 0 spiro atoms. The van der Waals surface area contributed by atoms with Gasteiger partial charge in [-0.25, -0.2) is 0 Å². The van der Waals surface area contributed by atoms with E-state index in [1.54, 1.807) is 0 Å². The Morgan fingerprint density at radius 2 is 1.63 bits per heavy atom. The maximum Gasteiger partial charge on any atom is 2.00 e. The molecule has 3 saturated carbocycles. The first kappa shape index (κ1) is 21.9. The first-order chi connectivity index (χ1) is 7.62. The summed E-state index contributed by atoms with van der Waals surface area (Å²) >= 11 is 0. The predicted molar refractivity (Wildman–Crippen MR) is 74.5 cm³/mol. The minimum absolute atomic E-state index is 0. The Hall–Kier alpha value is 0.599. The van der Waals surface area contributed by atoms with Crippen molar-refractivity contribution in [2.75, 3.05) is 0 Å². The maximum atomic E-state index is 4.21. The van der Waals surface area contributed by atoms with Crippen molar-refractivity contribution >= 4 is 23.9 Å². The number of hydrogen-bond donors (Lipinski definition) is 0. The molecule has 4 radical (unpaired) electrons. The SMILES string of the molecule is [CH2][C@@H]1CC[C@H]2C[C@@H]1C2(C)C.[Cl-].[Cl-].[Sn+2].[c]1ccccc1. The summed E-state index contributed by atoms with van der Waals surface area (Å²) in [5, 5.41) is 0. The topological polar surface area (TPSA) is 0 Å². The van der Waals surface area contributed by atoms with E-state index in [1.165, 1.54) is 19.3 Å². The van der Waals surface area contributed by atoms with E-state index in [2.05, 4.69) is 26.8 Å². The number of hydrogen-bond acceptors (Lipinski definition) is 0. The molecule has 3 heteroatoms. The van der Waals surface area contributed by atoms with Gasteiger partial charge in [-0.3, -0.25) is 0 Å². The summed E-state index contributed by atoms with van der Waals surface area (Å²) in [7, 11) is 0. The van der Waals surface area contributed by atoms with Gasteiger partial charge in [-0.2, -0.15) is 0 Å². The molecule has 19 heavy (non-hydrogen) atoms. The van der Waals surface area contributed by atoms with Gasteiger partial charge >= 0.3 is 23.9 Å². The van der Waals surface area contributed by atoms with Gasteiger partial charge in [-0.15, -0.1) is 0 Å². The normalized spacial score (nSPS) is 28.9. The summed E-state index contributed by atoms with van der Waals surface area (Å²) in [6.07, 6.45) is 4.30. The van der Waals surface area contributed by atoms with Crippen molar-refractivity contribution in [1.29, 1.82) is 0 Å². The van der Waals surface area contributed by atoms with Gasteiger partial charge in [0.05, 0.1) is 0 Å². The standard InChI is InChI=1S/C10H17.C6H5.2ClH.Sn/c1-7-4-5-8-6-9(7)10(8,2)3;1-2-4-6-5-3-1;;;/h7-9H,1,4-6H2,2-3H3;1-5H;2*1H;/q;;;;+2/p-2/t7-,8+,9+;;;;/m1..../s1. The predicted octanol–water partition coefficient (Wildman–Crippen LogP) is -1.99. The summed E-state index contributed by atoms with van der Waals surface area (Å²) in [5.74, 6) is 2.75. The van der Waals surface area contributed by atoms with Gasteiger partial charge in [0, 0.05) is 0 Å². The molecule has 4 rings (SSSR count). The average Bonchev–Trinajstić information content (AvgIpc) is 2.31. The van der Waals surface area contributed by atoms with Gasteiger partial charge in [0.2, 0.25) is 0 Å². The van der Waals surface area contributed by atoms with Crippen molar-refractivity contribution in [3.8, 4) is 0 Å². The summed E-state index contributed by atoms with van der Waals surface area (Å²) in [4.78, 5) is 0. The Labute approximate surface area is 147 Å². The van der Waals surface area contributed by atoms with E-state index in [0.29, 0.717) is 5.41 Å². The fourth-order valence-electron chi connectivity index (χ4n) is 3.30. The molecule has 0 aliphatic heterocycles. The summed E-state index contributed by atoms with van der Waals surface area (Å²) in [5.41, 5.74) is 0.644. The Kier molecular flexibility index (Phi) is 11.0. The van der Waals surface area contributed by atoms with E-state index < -0.39 is 0 Å². The number of halogens is 2. The van der Waals surface area contributed by atoms with Crippen LogP contribution < -0.4 is 24.8 Å². The van der Waals surface area contributed by atoms with Gasteiger partial charge in [0.15, 0.2) is 0 Å². The molecule has 3 fully saturated rings. The van der Waals surface area contributed by atoms with E-state index in [9.17, 15) is 0 Å². The van der Waals surface area contributed by atoms with Crippen molar-refractivity contribution in [2.45, 2.75) is 33.1 Å².